The number of guanidine groups is 1. The maximum absolute atomic E-state index is 11.2. The van der Waals surface area contributed by atoms with Gasteiger partial charge >= 0.3 is 0 Å². The van der Waals surface area contributed by atoms with E-state index in [4.69, 9.17) is 0 Å². The van der Waals surface area contributed by atoms with Crippen molar-refractivity contribution in [3.05, 3.63) is 0 Å². The Morgan fingerprint density at radius 2 is 1.75 bits per heavy atom. The minimum absolute atomic E-state index is 0.124. The maximum atomic E-state index is 11.2. The molecule has 0 aromatic carbocycles. The summed E-state index contributed by atoms with van der Waals surface area (Å²) in [5, 5.41) is 6.47. The fraction of sp³-hybridized carbons (Fsp3) is 0.923. The zero-order valence-electron chi connectivity index (χ0n) is 13.2. The standard InChI is InChI=1S/C13H30N4O2S/c1-5-12(6-2)11-16-13(14-4)15-9-8-10-17-20(18,19)7-3/h12,17H,5-11H2,1-4H3,(H2,14,15,16). The second-order valence-electron chi connectivity index (χ2n) is 4.71. The van der Waals surface area contributed by atoms with Crippen LogP contribution in [0.3, 0.4) is 0 Å². The van der Waals surface area contributed by atoms with Crippen LogP contribution in [0.1, 0.15) is 40.0 Å². The van der Waals surface area contributed by atoms with Crippen molar-refractivity contribution in [2.24, 2.45) is 10.9 Å². The summed E-state index contributed by atoms with van der Waals surface area (Å²) >= 11 is 0. The topological polar surface area (TPSA) is 82.6 Å². The van der Waals surface area contributed by atoms with Crippen molar-refractivity contribution in [1.29, 1.82) is 0 Å². The van der Waals surface area contributed by atoms with Crippen LogP contribution in [0, 0.1) is 5.92 Å². The summed E-state index contributed by atoms with van der Waals surface area (Å²) in [6.45, 7) is 8.05. The van der Waals surface area contributed by atoms with Gasteiger partial charge in [0.1, 0.15) is 0 Å². The fourth-order valence-electron chi connectivity index (χ4n) is 1.66. The van der Waals surface area contributed by atoms with Crippen LogP contribution in [0.4, 0.5) is 0 Å². The number of nitrogens with zero attached hydrogens (tertiary/aromatic N) is 1. The molecule has 0 unspecified atom stereocenters. The highest BCUT2D eigenvalue weighted by Gasteiger charge is 2.06. The summed E-state index contributed by atoms with van der Waals surface area (Å²) in [7, 11) is -1.34. The smallest absolute Gasteiger partial charge is 0.211 e. The molecule has 0 atom stereocenters. The van der Waals surface area contributed by atoms with Crippen LogP contribution in [0.5, 0.6) is 0 Å². The van der Waals surface area contributed by atoms with E-state index in [9.17, 15) is 8.42 Å². The lowest BCUT2D eigenvalue weighted by molar-refractivity contribution is 0.481. The normalized spacial score (nSPS) is 12.8. The third-order valence-corrected chi connectivity index (χ3v) is 4.69. The van der Waals surface area contributed by atoms with E-state index in [0.29, 0.717) is 19.0 Å². The molecule has 0 fully saturated rings. The van der Waals surface area contributed by atoms with Crippen LogP contribution in [-0.2, 0) is 10.0 Å². The molecule has 0 saturated carbocycles. The molecule has 0 bridgehead atoms. The van der Waals surface area contributed by atoms with Gasteiger partial charge in [0, 0.05) is 26.7 Å². The molecule has 0 saturated heterocycles. The second-order valence-corrected chi connectivity index (χ2v) is 6.81. The molecule has 0 aromatic rings. The molecule has 0 aliphatic carbocycles. The SMILES string of the molecule is CCC(CC)CNC(=NC)NCCCNS(=O)(=O)CC. The van der Waals surface area contributed by atoms with Crippen molar-refractivity contribution >= 4 is 16.0 Å². The van der Waals surface area contributed by atoms with Gasteiger partial charge in [-0.2, -0.15) is 0 Å². The summed E-state index contributed by atoms with van der Waals surface area (Å²) in [6, 6.07) is 0. The molecule has 7 heteroatoms. The van der Waals surface area contributed by atoms with E-state index in [1.54, 1.807) is 14.0 Å². The first-order valence-electron chi connectivity index (χ1n) is 7.40. The van der Waals surface area contributed by atoms with Crippen LogP contribution in [-0.4, -0.2) is 46.8 Å². The second kappa shape index (κ2) is 10.9. The lowest BCUT2D eigenvalue weighted by Crippen LogP contribution is -2.40. The Hall–Kier alpha value is -0.820. The fourth-order valence-corrected chi connectivity index (χ4v) is 2.32. The first kappa shape index (κ1) is 19.2. The highest BCUT2D eigenvalue weighted by Crippen LogP contribution is 2.04. The Kier molecular flexibility index (Phi) is 10.5. The largest absolute Gasteiger partial charge is 0.356 e. The molecule has 0 heterocycles. The quantitative estimate of drug-likeness (QED) is 0.318. The molecule has 3 N–H and O–H groups in total. The number of hydrogen-bond acceptors (Lipinski definition) is 3. The average molecular weight is 306 g/mol. The van der Waals surface area contributed by atoms with Gasteiger partial charge in [0.25, 0.3) is 0 Å². The molecule has 0 aliphatic rings. The van der Waals surface area contributed by atoms with Gasteiger partial charge in [-0.05, 0) is 19.3 Å². The third-order valence-electron chi connectivity index (χ3n) is 3.28. The molecule has 0 rings (SSSR count). The van der Waals surface area contributed by atoms with E-state index in [2.05, 4.69) is 34.2 Å². The van der Waals surface area contributed by atoms with Gasteiger partial charge < -0.3 is 10.6 Å². The van der Waals surface area contributed by atoms with Gasteiger partial charge in [0.15, 0.2) is 5.96 Å². The van der Waals surface area contributed by atoms with Gasteiger partial charge in [-0.15, -0.1) is 0 Å². The van der Waals surface area contributed by atoms with Crippen LogP contribution < -0.4 is 15.4 Å². The number of nitrogens with one attached hydrogen (secondary N) is 3. The highest BCUT2D eigenvalue weighted by molar-refractivity contribution is 7.89. The third kappa shape index (κ3) is 9.14. The Bertz CT molecular complexity index is 365. The van der Waals surface area contributed by atoms with Crippen LogP contribution in [0.2, 0.25) is 0 Å². The molecule has 0 aromatic heterocycles. The molecule has 20 heavy (non-hydrogen) atoms. The van der Waals surface area contributed by atoms with E-state index in [1.807, 2.05) is 0 Å². The zero-order chi connectivity index (χ0) is 15.4. The van der Waals surface area contributed by atoms with Gasteiger partial charge in [0.2, 0.25) is 10.0 Å². The van der Waals surface area contributed by atoms with E-state index in [1.165, 1.54) is 0 Å². The Balaban J connectivity index is 3.81. The first-order chi connectivity index (χ1) is 9.49. The summed E-state index contributed by atoms with van der Waals surface area (Å²) in [6.07, 6.45) is 3.03. The highest BCUT2D eigenvalue weighted by atomic mass is 32.2. The predicted octanol–water partition coefficient (Wildman–Crippen LogP) is 0.917. The monoisotopic (exact) mass is 306 g/mol. The van der Waals surface area contributed by atoms with Gasteiger partial charge in [-0.3, -0.25) is 4.99 Å². The molecule has 0 amide bonds. The van der Waals surface area contributed by atoms with Crippen LogP contribution in [0.25, 0.3) is 0 Å². The minimum Gasteiger partial charge on any atom is -0.356 e. The Labute approximate surface area is 123 Å². The summed E-state index contributed by atoms with van der Waals surface area (Å²) < 4.78 is 25.0. The summed E-state index contributed by atoms with van der Waals surface area (Å²) in [5.74, 6) is 1.55. The van der Waals surface area contributed by atoms with E-state index < -0.39 is 10.0 Å². The first-order valence-corrected chi connectivity index (χ1v) is 9.06. The van der Waals surface area contributed by atoms with Crippen molar-refractivity contribution in [2.45, 2.75) is 40.0 Å². The number of hydrogen-bond donors (Lipinski definition) is 3. The van der Waals surface area contributed by atoms with E-state index >= 15 is 0 Å². The van der Waals surface area contributed by atoms with Crippen molar-refractivity contribution in [3.8, 4) is 0 Å². The molecule has 0 spiro atoms. The number of rotatable bonds is 10. The predicted molar refractivity (Wildman–Crippen MR) is 85.5 cm³/mol. The van der Waals surface area contributed by atoms with Crippen molar-refractivity contribution in [3.63, 3.8) is 0 Å². The van der Waals surface area contributed by atoms with E-state index in [0.717, 1.165) is 31.8 Å². The molecular formula is C13H30N4O2S. The molecule has 0 radical (unpaired) electrons. The van der Waals surface area contributed by atoms with Crippen molar-refractivity contribution in [2.75, 3.05) is 32.4 Å². The maximum Gasteiger partial charge on any atom is 0.211 e. The van der Waals surface area contributed by atoms with Gasteiger partial charge in [-0.25, -0.2) is 13.1 Å². The molecule has 6 nitrogen and oxygen atoms in total. The van der Waals surface area contributed by atoms with E-state index in [-0.39, 0.29) is 5.75 Å². The Morgan fingerprint density at radius 1 is 1.10 bits per heavy atom. The van der Waals surface area contributed by atoms with Gasteiger partial charge in [0.05, 0.1) is 5.75 Å². The molecular weight excluding hydrogens is 276 g/mol. The zero-order valence-corrected chi connectivity index (χ0v) is 14.0. The molecule has 120 valence electrons. The number of aliphatic imine (C=N–C) groups is 1. The Morgan fingerprint density at radius 3 is 2.25 bits per heavy atom. The summed E-state index contributed by atoms with van der Waals surface area (Å²) in [5.41, 5.74) is 0. The molecule has 0 aliphatic heterocycles. The average Bonchev–Trinajstić information content (AvgIpc) is 2.45. The van der Waals surface area contributed by atoms with Crippen molar-refractivity contribution in [1.82, 2.24) is 15.4 Å². The van der Waals surface area contributed by atoms with Gasteiger partial charge in [-0.1, -0.05) is 26.7 Å². The summed E-state index contributed by atoms with van der Waals surface area (Å²) in [4.78, 5) is 4.15. The lowest BCUT2D eigenvalue weighted by Gasteiger charge is -2.16. The number of sulfonamides is 1. The van der Waals surface area contributed by atoms with Crippen LogP contribution >= 0.6 is 0 Å². The lowest BCUT2D eigenvalue weighted by atomic mass is 10.0. The minimum atomic E-state index is -3.08. The van der Waals surface area contributed by atoms with Crippen LogP contribution in [0.15, 0.2) is 4.99 Å². The van der Waals surface area contributed by atoms with Crippen molar-refractivity contribution < 1.29 is 8.42 Å².